The van der Waals surface area contributed by atoms with E-state index < -0.39 is 0 Å². The van der Waals surface area contributed by atoms with Gasteiger partial charge in [-0.1, -0.05) is 32.9 Å². The van der Waals surface area contributed by atoms with E-state index in [2.05, 4.69) is 49.5 Å². The van der Waals surface area contributed by atoms with Crippen molar-refractivity contribution in [1.82, 2.24) is 9.55 Å². The van der Waals surface area contributed by atoms with E-state index in [1.54, 1.807) is 0 Å². The maximum Gasteiger partial charge on any atom is 0.111 e. The normalized spacial score (nSPS) is 12.9. The van der Waals surface area contributed by atoms with Gasteiger partial charge in [0.15, 0.2) is 0 Å². The van der Waals surface area contributed by atoms with Gasteiger partial charge in [-0.3, -0.25) is 0 Å². The van der Waals surface area contributed by atoms with Gasteiger partial charge in [0.1, 0.15) is 5.82 Å². The van der Waals surface area contributed by atoms with Crippen LogP contribution in [0.3, 0.4) is 0 Å². The highest BCUT2D eigenvalue weighted by Gasteiger charge is 2.13. The molecule has 0 bridgehead atoms. The van der Waals surface area contributed by atoms with Gasteiger partial charge in [-0.15, -0.1) is 0 Å². The summed E-state index contributed by atoms with van der Waals surface area (Å²) in [5.41, 5.74) is 9.24. The second-order valence-electron chi connectivity index (χ2n) is 5.60. The molecular formula is C16H23N3. The number of hydrogen-bond donors (Lipinski definition) is 1. The van der Waals surface area contributed by atoms with Crippen molar-refractivity contribution in [3.63, 3.8) is 0 Å². The summed E-state index contributed by atoms with van der Waals surface area (Å²) >= 11 is 0. The van der Waals surface area contributed by atoms with E-state index in [9.17, 15) is 0 Å². The fourth-order valence-electron chi connectivity index (χ4n) is 2.48. The van der Waals surface area contributed by atoms with Gasteiger partial charge >= 0.3 is 0 Å². The number of anilines is 1. The van der Waals surface area contributed by atoms with E-state index in [0.29, 0.717) is 11.8 Å². The van der Waals surface area contributed by atoms with E-state index in [4.69, 9.17) is 5.73 Å². The molecule has 1 heterocycles. The van der Waals surface area contributed by atoms with Crippen LogP contribution in [-0.4, -0.2) is 9.55 Å². The monoisotopic (exact) mass is 257 g/mol. The van der Waals surface area contributed by atoms with Crippen molar-refractivity contribution < 1.29 is 0 Å². The first-order valence-electron chi connectivity index (χ1n) is 6.85. The molecule has 1 unspecified atom stereocenters. The van der Waals surface area contributed by atoms with Gasteiger partial charge in [0, 0.05) is 30.5 Å². The molecule has 1 aromatic carbocycles. The molecule has 0 aliphatic rings. The molecule has 0 saturated heterocycles. The predicted molar refractivity (Wildman–Crippen MR) is 80.3 cm³/mol. The van der Waals surface area contributed by atoms with Crippen LogP contribution < -0.4 is 5.73 Å². The van der Waals surface area contributed by atoms with Crippen molar-refractivity contribution in [3.8, 4) is 0 Å². The highest BCUT2D eigenvalue weighted by atomic mass is 15.1. The Morgan fingerprint density at radius 1 is 1.26 bits per heavy atom. The average molecular weight is 257 g/mol. The molecule has 0 saturated carbocycles. The first kappa shape index (κ1) is 13.7. The molecule has 0 radical (unpaired) electrons. The zero-order chi connectivity index (χ0) is 14.0. The summed E-state index contributed by atoms with van der Waals surface area (Å²) in [5, 5.41) is 0. The van der Waals surface area contributed by atoms with Crippen LogP contribution in [0, 0.1) is 0 Å². The molecule has 0 fully saturated rings. The van der Waals surface area contributed by atoms with Gasteiger partial charge in [0.2, 0.25) is 0 Å². The average Bonchev–Trinajstić information content (AvgIpc) is 2.71. The number of benzene rings is 1. The van der Waals surface area contributed by atoms with Crippen molar-refractivity contribution >= 4 is 5.69 Å². The minimum atomic E-state index is 0.443. The van der Waals surface area contributed by atoms with Crippen LogP contribution in [0.25, 0.3) is 0 Å². The number of hydrogen-bond acceptors (Lipinski definition) is 2. The fraction of sp³-hybridized carbons (Fsp3) is 0.438. The minimum Gasteiger partial charge on any atom is -0.399 e. The van der Waals surface area contributed by atoms with Gasteiger partial charge in [-0.05, 0) is 30.0 Å². The zero-order valence-electron chi connectivity index (χ0n) is 12.2. The third-order valence-corrected chi connectivity index (χ3v) is 3.63. The summed E-state index contributed by atoms with van der Waals surface area (Å²) in [6.45, 7) is 6.58. The molecule has 19 heavy (non-hydrogen) atoms. The van der Waals surface area contributed by atoms with Crippen LogP contribution >= 0.6 is 0 Å². The lowest BCUT2D eigenvalue weighted by atomic mass is 9.96. The fourth-order valence-corrected chi connectivity index (χ4v) is 2.48. The molecule has 0 aliphatic carbocycles. The molecule has 0 spiro atoms. The predicted octanol–water partition coefficient (Wildman–Crippen LogP) is 3.47. The van der Waals surface area contributed by atoms with Gasteiger partial charge in [0.05, 0.1) is 0 Å². The van der Waals surface area contributed by atoms with E-state index in [1.807, 2.05) is 18.3 Å². The number of nitrogen functional groups attached to an aromatic ring is 1. The first-order valence-corrected chi connectivity index (χ1v) is 6.85. The van der Waals surface area contributed by atoms with Crippen molar-refractivity contribution in [2.45, 2.75) is 39.0 Å². The maximum absolute atomic E-state index is 5.85. The van der Waals surface area contributed by atoms with E-state index >= 15 is 0 Å². The molecule has 0 aliphatic heterocycles. The van der Waals surface area contributed by atoms with E-state index in [0.717, 1.165) is 17.9 Å². The zero-order valence-corrected chi connectivity index (χ0v) is 12.2. The second kappa shape index (κ2) is 5.47. The molecule has 102 valence electrons. The summed E-state index contributed by atoms with van der Waals surface area (Å²) in [7, 11) is 2.10. The summed E-state index contributed by atoms with van der Waals surface area (Å²) < 4.78 is 2.22. The molecular weight excluding hydrogens is 234 g/mol. The largest absolute Gasteiger partial charge is 0.399 e. The molecule has 0 amide bonds. The Morgan fingerprint density at radius 2 is 2.00 bits per heavy atom. The molecule has 3 heteroatoms. The van der Waals surface area contributed by atoms with Gasteiger partial charge in [-0.2, -0.15) is 0 Å². The van der Waals surface area contributed by atoms with Gasteiger partial charge < -0.3 is 10.3 Å². The second-order valence-corrected chi connectivity index (χ2v) is 5.60. The topological polar surface area (TPSA) is 43.8 Å². The summed E-state index contributed by atoms with van der Waals surface area (Å²) in [6.07, 6.45) is 2.98. The first-order chi connectivity index (χ1) is 8.99. The number of nitrogens with two attached hydrogens (primary N) is 1. The minimum absolute atomic E-state index is 0.443. The smallest absolute Gasteiger partial charge is 0.111 e. The highest BCUT2D eigenvalue weighted by Crippen LogP contribution is 2.23. The Labute approximate surface area is 115 Å². The van der Waals surface area contributed by atoms with Crippen LogP contribution in [0.2, 0.25) is 0 Å². The van der Waals surface area contributed by atoms with Crippen molar-refractivity contribution in [1.29, 1.82) is 0 Å². The number of nitrogens with zero attached hydrogens (tertiary/aromatic N) is 2. The molecule has 1 aromatic heterocycles. The van der Waals surface area contributed by atoms with Crippen molar-refractivity contribution in [2.24, 2.45) is 7.05 Å². The maximum atomic E-state index is 5.85. The van der Waals surface area contributed by atoms with Gasteiger partial charge in [0.25, 0.3) is 0 Å². The van der Waals surface area contributed by atoms with E-state index in [-0.39, 0.29) is 0 Å². The molecule has 2 aromatic rings. The summed E-state index contributed by atoms with van der Waals surface area (Å²) in [5.74, 6) is 2.05. The van der Waals surface area contributed by atoms with Crippen LogP contribution in [-0.2, 0) is 13.5 Å². The molecule has 3 nitrogen and oxygen atoms in total. The number of aromatic nitrogens is 2. The summed E-state index contributed by atoms with van der Waals surface area (Å²) in [4.78, 5) is 4.52. The highest BCUT2D eigenvalue weighted by molar-refractivity contribution is 5.41. The number of imidazole rings is 1. The standard InChI is InChI=1S/C16H23N3/c1-11(2)16-18-10-15(19(16)4)8-12(3)13-6-5-7-14(17)9-13/h5-7,9-12H,8,17H2,1-4H3. The molecule has 1 atom stereocenters. The van der Waals surface area contributed by atoms with Crippen molar-refractivity contribution in [2.75, 3.05) is 5.73 Å². The lowest BCUT2D eigenvalue weighted by molar-refractivity contribution is 0.657. The Kier molecular flexibility index (Phi) is 3.93. The Bertz CT molecular complexity index is 555. The van der Waals surface area contributed by atoms with Crippen LogP contribution in [0.4, 0.5) is 5.69 Å². The molecule has 2 rings (SSSR count). The van der Waals surface area contributed by atoms with Crippen LogP contribution in [0.1, 0.15) is 49.7 Å². The Balaban J connectivity index is 2.17. The molecule has 2 N–H and O–H groups in total. The van der Waals surface area contributed by atoms with Gasteiger partial charge in [-0.25, -0.2) is 4.98 Å². The number of rotatable bonds is 4. The third-order valence-electron chi connectivity index (χ3n) is 3.63. The van der Waals surface area contributed by atoms with Crippen molar-refractivity contribution in [3.05, 3.63) is 47.5 Å². The summed E-state index contributed by atoms with van der Waals surface area (Å²) in [6, 6.07) is 8.15. The lowest BCUT2D eigenvalue weighted by Gasteiger charge is -2.14. The lowest BCUT2D eigenvalue weighted by Crippen LogP contribution is -2.07. The quantitative estimate of drug-likeness (QED) is 0.852. The SMILES string of the molecule is CC(C)c1ncc(CC(C)c2cccc(N)c2)n1C. The Hall–Kier alpha value is -1.77. The third kappa shape index (κ3) is 2.98. The van der Waals surface area contributed by atoms with Crippen LogP contribution in [0.5, 0.6) is 0 Å². The van der Waals surface area contributed by atoms with Crippen LogP contribution in [0.15, 0.2) is 30.5 Å². The van der Waals surface area contributed by atoms with E-state index in [1.165, 1.54) is 11.3 Å². The Morgan fingerprint density at radius 3 is 2.58 bits per heavy atom.